The Morgan fingerprint density at radius 2 is 1.83 bits per heavy atom. The Balaban J connectivity index is 1.67. The molecular formula is C26H29ClN4O4S. The Morgan fingerprint density at radius 3 is 2.53 bits per heavy atom. The fraction of sp³-hybridized carbons (Fsp3) is 0.385. The number of carbonyl (C=O) groups excluding carboxylic acids is 1. The van der Waals surface area contributed by atoms with Crippen molar-refractivity contribution in [1.82, 2.24) is 14.5 Å². The monoisotopic (exact) mass is 528 g/mol. The number of fused-ring (bicyclic) bond motifs is 1. The van der Waals surface area contributed by atoms with Crippen LogP contribution in [0, 0.1) is 5.92 Å². The maximum atomic E-state index is 14.1. The van der Waals surface area contributed by atoms with E-state index in [-0.39, 0.29) is 22.5 Å². The van der Waals surface area contributed by atoms with Gasteiger partial charge in [0.2, 0.25) is 10.0 Å². The molecule has 0 amide bonds. The molecule has 2 heterocycles. The van der Waals surface area contributed by atoms with Crippen LogP contribution in [0.15, 0.2) is 53.4 Å². The molecule has 2 aromatic carbocycles. The highest BCUT2D eigenvalue weighted by Gasteiger charge is 2.41. The molecule has 10 heteroatoms. The lowest BCUT2D eigenvalue weighted by atomic mass is 9.83. The van der Waals surface area contributed by atoms with Crippen LogP contribution in [0.2, 0.25) is 5.02 Å². The predicted molar refractivity (Wildman–Crippen MR) is 139 cm³/mol. The summed E-state index contributed by atoms with van der Waals surface area (Å²) in [4.78, 5) is 14.1. The maximum absolute atomic E-state index is 14.1. The zero-order chi connectivity index (χ0) is 25.4. The highest BCUT2D eigenvalue weighted by molar-refractivity contribution is 7.89. The number of nitrogens with zero attached hydrogens (tertiary/aromatic N) is 3. The predicted octanol–water partition coefficient (Wildman–Crippen LogP) is 5.24. The summed E-state index contributed by atoms with van der Waals surface area (Å²) >= 11 is 6.73. The number of para-hydroxylation sites is 1. The molecule has 1 N–H and O–H groups in total. The molecule has 1 fully saturated rings. The van der Waals surface area contributed by atoms with Gasteiger partial charge in [0.25, 0.3) is 0 Å². The molecule has 1 aliphatic heterocycles. The smallest absolute Gasteiger partial charge is 0.356 e. The first kappa shape index (κ1) is 24.8. The van der Waals surface area contributed by atoms with Gasteiger partial charge in [-0.2, -0.15) is 9.40 Å². The van der Waals surface area contributed by atoms with E-state index in [0.29, 0.717) is 28.5 Å². The Morgan fingerprint density at radius 1 is 1.11 bits per heavy atom. The van der Waals surface area contributed by atoms with Crippen LogP contribution in [-0.4, -0.2) is 55.6 Å². The van der Waals surface area contributed by atoms with E-state index in [0.717, 1.165) is 31.4 Å². The number of ether oxygens (including phenoxy) is 1. The highest BCUT2D eigenvalue weighted by Crippen LogP contribution is 2.44. The zero-order valence-electron chi connectivity index (χ0n) is 20.3. The van der Waals surface area contributed by atoms with Crippen molar-refractivity contribution in [3.63, 3.8) is 0 Å². The minimum atomic E-state index is -3.85. The van der Waals surface area contributed by atoms with E-state index in [9.17, 15) is 13.2 Å². The second kappa shape index (κ2) is 9.88. The molecule has 1 saturated carbocycles. The van der Waals surface area contributed by atoms with E-state index >= 15 is 0 Å². The number of hydrogen-bond donors (Lipinski definition) is 1. The van der Waals surface area contributed by atoms with Gasteiger partial charge in [-0.1, -0.05) is 49.1 Å². The van der Waals surface area contributed by atoms with E-state index in [4.69, 9.17) is 16.3 Å². The number of hydrogen-bond acceptors (Lipinski definition) is 6. The van der Waals surface area contributed by atoms with E-state index in [2.05, 4.69) is 15.1 Å². The van der Waals surface area contributed by atoms with E-state index in [1.807, 2.05) is 30.3 Å². The van der Waals surface area contributed by atoms with Gasteiger partial charge in [0.1, 0.15) is 10.6 Å². The van der Waals surface area contributed by atoms with Crippen LogP contribution in [0.5, 0.6) is 0 Å². The van der Waals surface area contributed by atoms with E-state index in [1.54, 1.807) is 23.5 Å². The lowest BCUT2D eigenvalue weighted by molar-refractivity contribution is 0.0594. The number of halogens is 1. The summed E-state index contributed by atoms with van der Waals surface area (Å²) < 4.78 is 34.4. The van der Waals surface area contributed by atoms with Gasteiger partial charge in [0.15, 0.2) is 0 Å². The molecule has 1 aliphatic carbocycles. The lowest BCUT2D eigenvalue weighted by Gasteiger charge is -2.36. The second-order valence-electron chi connectivity index (χ2n) is 9.39. The van der Waals surface area contributed by atoms with Crippen LogP contribution in [0.3, 0.4) is 0 Å². The topological polar surface area (TPSA) is 95.6 Å². The number of esters is 1. The van der Waals surface area contributed by atoms with Crippen molar-refractivity contribution >= 4 is 39.0 Å². The minimum Gasteiger partial charge on any atom is -0.464 e. The average Bonchev–Trinajstić information content (AvgIpc) is 3.36. The zero-order valence-corrected chi connectivity index (χ0v) is 21.8. The molecule has 2 aliphatic rings. The number of carbonyl (C=O) groups is 1. The van der Waals surface area contributed by atoms with E-state index in [1.165, 1.54) is 19.6 Å². The SMILES string of the molecule is COC(=O)c1cc(-c2cc3c(cc2Cl)N(c2ccccc2)C[C@@H](C2CCCCC2)N(C)S3(=O)=O)n[nH]1. The molecule has 0 radical (unpaired) electrons. The van der Waals surface area contributed by atoms with Crippen LogP contribution in [0.25, 0.3) is 11.3 Å². The molecule has 1 atom stereocenters. The van der Waals surface area contributed by atoms with Crippen molar-refractivity contribution in [2.24, 2.45) is 5.92 Å². The maximum Gasteiger partial charge on any atom is 0.356 e. The fourth-order valence-corrected chi connectivity index (χ4v) is 7.24. The second-order valence-corrected chi connectivity index (χ2v) is 11.8. The molecule has 0 unspecified atom stereocenters. The Labute approximate surface area is 216 Å². The van der Waals surface area contributed by atoms with Gasteiger partial charge in [0.05, 0.1) is 23.5 Å². The summed E-state index contributed by atoms with van der Waals surface area (Å²) in [5.41, 5.74) is 2.37. The standard InChI is InChI=1S/C26H29ClN4O4S/c1-30-24(17-9-5-3-6-10-17)16-31(18-11-7-4-8-12-18)23-14-20(27)19(13-25(23)36(30,33)34)21-15-22(29-28-21)26(32)35-2/h4,7-8,11-15,17,24H,3,5-6,9-10,16H2,1-2H3,(H,28,29)/t24-/m0/s1. The van der Waals surface area contributed by atoms with Crippen molar-refractivity contribution in [3.05, 3.63) is 59.2 Å². The quantitative estimate of drug-likeness (QED) is 0.465. The third-order valence-electron chi connectivity index (χ3n) is 7.35. The van der Waals surface area contributed by atoms with E-state index < -0.39 is 16.0 Å². The van der Waals surface area contributed by atoms with Crippen molar-refractivity contribution in [2.75, 3.05) is 25.6 Å². The van der Waals surface area contributed by atoms with Crippen molar-refractivity contribution in [1.29, 1.82) is 0 Å². The minimum absolute atomic E-state index is 0.154. The van der Waals surface area contributed by atoms with Crippen LogP contribution >= 0.6 is 11.6 Å². The number of likely N-dealkylation sites (N-methyl/N-ethyl adjacent to an activating group) is 1. The molecule has 190 valence electrons. The number of nitrogens with one attached hydrogen (secondary N) is 1. The van der Waals surface area contributed by atoms with Crippen LogP contribution in [-0.2, 0) is 14.8 Å². The number of aromatic amines is 1. The third-order valence-corrected chi connectivity index (χ3v) is 9.58. The Hall–Kier alpha value is -2.88. The molecule has 0 bridgehead atoms. The first-order valence-electron chi connectivity index (χ1n) is 12.1. The number of anilines is 2. The summed E-state index contributed by atoms with van der Waals surface area (Å²) in [6.07, 6.45) is 5.45. The summed E-state index contributed by atoms with van der Waals surface area (Å²) in [6.45, 7) is 0.530. The van der Waals surface area contributed by atoms with Gasteiger partial charge in [-0.3, -0.25) is 5.10 Å². The van der Waals surface area contributed by atoms with Crippen molar-refractivity contribution in [2.45, 2.75) is 43.0 Å². The summed E-state index contributed by atoms with van der Waals surface area (Å²) in [5.74, 6) is -0.291. The molecule has 3 aromatic rings. The summed E-state index contributed by atoms with van der Waals surface area (Å²) in [6, 6.07) is 14.4. The average molecular weight is 529 g/mol. The van der Waals surface area contributed by atoms with Gasteiger partial charge in [0, 0.05) is 30.9 Å². The summed E-state index contributed by atoms with van der Waals surface area (Å²) in [5, 5.41) is 7.16. The number of methoxy groups -OCH3 is 1. The molecule has 36 heavy (non-hydrogen) atoms. The van der Waals surface area contributed by atoms with Gasteiger partial charge >= 0.3 is 5.97 Å². The molecule has 1 aromatic heterocycles. The normalized spacial score (nSPS) is 20.5. The molecule has 8 nitrogen and oxygen atoms in total. The van der Waals surface area contributed by atoms with Crippen LogP contribution in [0.4, 0.5) is 11.4 Å². The lowest BCUT2D eigenvalue weighted by Crippen LogP contribution is -2.46. The van der Waals surface area contributed by atoms with Crippen LogP contribution < -0.4 is 4.90 Å². The molecule has 0 spiro atoms. The number of rotatable bonds is 4. The third kappa shape index (κ3) is 4.40. The van der Waals surface area contributed by atoms with Gasteiger partial charge in [-0.05, 0) is 49.1 Å². The number of sulfonamides is 1. The first-order chi connectivity index (χ1) is 17.3. The number of H-pyrrole nitrogens is 1. The highest BCUT2D eigenvalue weighted by atomic mass is 35.5. The van der Waals surface area contributed by atoms with Gasteiger partial charge < -0.3 is 9.64 Å². The Kier molecular flexibility index (Phi) is 6.80. The number of benzene rings is 2. The van der Waals surface area contributed by atoms with Crippen LogP contribution in [0.1, 0.15) is 42.6 Å². The van der Waals surface area contributed by atoms with Crippen molar-refractivity contribution in [3.8, 4) is 11.3 Å². The van der Waals surface area contributed by atoms with Gasteiger partial charge in [-0.25, -0.2) is 13.2 Å². The summed E-state index contributed by atoms with van der Waals surface area (Å²) in [7, 11) is -0.890. The van der Waals surface area contributed by atoms with Gasteiger partial charge in [-0.15, -0.1) is 0 Å². The number of aromatic nitrogens is 2. The largest absolute Gasteiger partial charge is 0.464 e. The van der Waals surface area contributed by atoms with Crippen molar-refractivity contribution < 1.29 is 17.9 Å². The first-order valence-corrected chi connectivity index (χ1v) is 13.9. The fourth-order valence-electron chi connectivity index (χ4n) is 5.38. The molecule has 5 rings (SSSR count). The molecule has 0 saturated heterocycles. The Bertz CT molecular complexity index is 1370. The molecular weight excluding hydrogens is 500 g/mol.